The topological polar surface area (TPSA) is 319 Å². The molecule has 5 rings (SSSR count). The molecular weight excluding hydrogens is 1090 g/mol. The van der Waals surface area contributed by atoms with Crippen LogP contribution in [0.2, 0.25) is 0 Å². The van der Waals surface area contributed by atoms with Gasteiger partial charge in [-0.25, -0.2) is 4.79 Å². The SMILES string of the molecule is COCCC[C@H]1O[C@@](O)([C@@H](C)C2CC(OC)C(O)C=C(C)C=C(C)C=C(C)C(O[C@H]3O[C@H](C)[C@@H](OC)[C@H](O)[C@H]3O)C(C)C=C(CO)C=C(OC)C=C(C)C(=O)O2)[C@H](OC)[C@@H](O)[C@]1(C)O[C@H]1C[C@H](O)[C@H](O[C@H]2C[C@@](C)(O)[C@H](O)[C@@H](C)O2)[C@@H](C)O1. The number of carbonyl (C=O) groups is 1. The Morgan fingerprint density at radius 2 is 1.40 bits per heavy atom. The number of hydrogen-bond acceptors (Lipinski definition) is 23. The van der Waals surface area contributed by atoms with Gasteiger partial charge in [-0.3, -0.25) is 0 Å². The standard InChI is InChI=1S/C60H98O23/c1-30-20-31(2)22-41(62)44(73-14)27-43(79-56(68)34(5)24-40(72-13)25-39(29-61)23-33(4)50(32(3)21-30)81-57-49(65)48(64)52(74-15)37(8)78-57)35(6)60(70)55(75-16)54(67)59(11,45(82-60)18-17-19-71-12)83-46-26-42(63)51(36(7)76-46)80-47-28-58(10,69)53(66)38(9)77-47/h20-25,33,35-38,41-55,57,61-67,69-70H,17-19,26-29H2,1-16H3/t33?,35-,36+,37+,38+,41?,42-,43?,44?,45+,46-,47-,48+,49+,50?,51+,52+,53+,54+,55+,57+,58+,59+,60-/m0/s1. The van der Waals surface area contributed by atoms with Crippen molar-refractivity contribution in [2.45, 2.75) is 242 Å². The fraction of sp³-hybridized carbons (Fsp3) is 0.783. The highest BCUT2D eigenvalue weighted by molar-refractivity contribution is 5.88. The first-order valence-electron chi connectivity index (χ1n) is 28.7. The molecule has 0 aromatic heterocycles. The molecule has 0 spiro atoms. The van der Waals surface area contributed by atoms with Crippen LogP contribution in [0.4, 0.5) is 0 Å². The number of aliphatic hydroxyl groups is 9. The summed E-state index contributed by atoms with van der Waals surface area (Å²) in [6.07, 6.45) is -11.5. The number of aliphatic hydroxyl groups excluding tert-OH is 7. The predicted octanol–water partition coefficient (Wildman–Crippen LogP) is 2.84. The molecule has 0 aromatic rings. The van der Waals surface area contributed by atoms with E-state index >= 15 is 0 Å². The van der Waals surface area contributed by atoms with Gasteiger partial charge >= 0.3 is 5.97 Å². The molecule has 0 radical (unpaired) electrons. The van der Waals surface area contributed by atoms with E-state index in [1.54, 1.807) is 53.7 Å². The molecule has 83 heavy (non-hydrogen) atoms. The van der Waals surface area contributed by atoms with Gasteiger partial charge in [-0.15, -0.1) is 0 Å². The lowest BCUT2D eigenvalue weighted by Crippen LogP contribution is -2.74. The first-order valence-corrected chi connectivity index (χ1v) is 28.7. The molecule has 4 saturated heterocycles. The van der Waals surface area contributed by atoms with E-state index in [2.05, 4.69) is 0 Å². The fourth-order valence-corrected chi connectivity index (χ4v) is 12.0. The van der Waals surface area contributed by atoms with Crippen molar-refractivity contribution in [1.82, 2.24) is 0 Å². The van der Waals surface area contributed by atoms with Crippen LogP contribution in [0.1, 0.15) is 108 Å². The highest BCUT2D eigenvalue weighted by atomic mass is 16.7. The summed E-state index contributed by atoms with van der Waals surface area (Å²) in [5.74, 6) is -4.99. The number of esters is 1. The number of carbonyl (C=O) groups excluding carboxylic acids is 1. The molecule has 0 saturated carbocycles. The Morgan fingerprint density at radius 3 is 1.99 bits per heavy atom. The van der Waals surface area contributed by atoms with Gasteiger partial charge in [0.05, 0.1) is 74.1 Å². The van der Waals surface area contributed by atoms with Crippen molar-refractivity contribution >= 4 is 5.97 Å². The number of hydrogen-bond donors (Lipinski definition) is 9. The van der Waals surface area contributed by atoms with Crippen LogP contribution in [0.15, 0.2) is 70.1 Å². The van der Waals surface area contributed by atoms with E-state index in [0.29, 0.717) is 23.1 Å². The molecule has 9 N–H and O–H groups in total. The lowest BCUT2D eigenvalue weighted by Gasteiger charge is -2.57. The summed E-state index contributed by atoms with van der Waals surface area (Å²) in [7, 11) is 6.97. The van der Waals surface area contributed by atoms with E-state index in [9.17, 15) is 50.8 Å². The summed E-state index contributed by atoms with van der Waals surface area (Å²) in [6, 6.07) is 0. The minimum atomic E-state index is -2.46. The average Bonchev–Trinajstić information content (AvgIpc) is 1.93. The van der Waals surface area contributed by atoms with E-state index < -0.39 is 158 Å². The zero-order chi connectivity index (χ0) is 62.1. The van der Waals surface area contributed by atoms with Crippen LogP contribution < -0.4 is 0 Å². The summed E-state index contributed by atoms with van der Waals surface area (Å²) in [4.78, 5) is 14.5. The van der Waals surface area contributed by atoms with Crippen LogP contribution in [0.3, 0.4) is 0 Å². The molecule has 5 unspecified atom stereocenters. The van der Waals surface area contributed by atoms with Gasteiger partial charge in [0.1, 0.15) is 60.2 Å². The van der Waals surface area contributed by atoms with Crippen molar-refractivity contribution in [1.29, 1.82) is 0 Å². The lowest BCUT2D eigenvalue weighted by molar-refractivity contribution is -0.416. The quantitative estimate of drug-likeness (QED) is 0.0747. The highest BCUT2D eigenvalue weighted by Crippen LogP contribution is 2.47. The number of methoxy groups -OCH3 is 5. The van der Waals surface area contributed by atoms with Crippen LogP contribution in [0.5, 0.6) is 0 Å². The van der Waals surface area contributed by atoms with Gasteiger partial charge in [0, 0.05) is 65.8 Å². The van der Waals surface area contributed by atoms with Crippen molar-refractivity contribution in [2.24, 2.45) is 11.8 Å². The maximum Gasteiger partial charge on any atom is 0.334 e. The number of cyclic esters (lactones) is 1. The Morgan fingerprint density at radius 1 is 0.735 bits per heavy atom. The van der Waals surface area contributed by atoms with Crippen LogP contribution in [0.25, 0.3) is 0 Å². The molecular formula is C60H98O23. The molecule has 0 aliphatic carbocycles. The Hall–Kier alpha value is -3.09. The molecule has 4 fully saturated rings. The lowest BCUT2D eigenvalue weighted by atomic mass is 9.75. The summed E-state index contributed by atoms with van der Waals surface area (Å²) < 4.78 is 78.8. The number of allylic oxidation sites excluding steroid dienone is 5. The van der Waals surface area contributed by atoms with Crippen molar-refractivity contribution in [3.63, 3.8) is 0 Å². The molecule has 0 bridgehead atoms. The van der Waals surface area contributed by atoms with Crippen LogP contribution >= 0.6 is 0 Å². The minimum absolute atomic E-state index is 0.0210. The predicted molar refractivity (Wildman–Crippen MR) is 300 cm³/mol. The van der Waals surface area contributed by atoms with Crippen LogP contribution in [-0.2, 0) is 66.4 Å². The third kappa shape index (κ3) is 17.2. The second kappa shape index (κ2) is 30.7. The zero-order valence-electron chi connectivity index (χ0n) is 51.3. The number of ether oxygens (including phenoxy) is 13. The average molecular weight is 1190 g/mol. The van der Waals surface area contributed by atoms with Gasteiger partial charge in [0.2, 0.25) is 5.79 Å². The Kier molecular flexibility index (Phi) is 26.1. The molecule has 23 nitrogen and oxygen atoms in total. The van der Waals surface area contributed by atoms with Gasteiger partial charge in [-0.2, -0.15) is 0 Å². The van der Waals surface area contributed by atoms with Crippen molar-refractivity contribution in [2.75, 3.05) is 48.8 Å². The molecule has 0 amide bonds. The summed E-state index contributed by atoms with van der Waals surface area (Å²) in [5, 5.41) is 103. The molecule has 24 atom stereocenters. The first-order chi connectivity index (χ1) is 38.9. The maximum atomic E-state index is 14.5. The van der Waals surface area contributed by atoms with E-state index in [1.165, 1.54) is 61.5 Å². The number of rotatable bonds is 17. The molecule has 5 aliphatic rings. The van der Waals surface area contributed by atoms with Gasteiger partial charge in [0.25, 0.3) is 0 Å². The summed E-state index contributed by atoms with van der Waals surface area (Å²) >= 11 is 0. The molecule has 0 aromatic carbocycles. The minimum Gasteiger partial charge on any atom is -0.497 e. The monoisotopic (exact) mass is 1190 g/mol. The largest absolute Gasteiger partial charge is 0.497 e. The van der Waals surface area contributed by atoms with Crippen LogP contribution in [-0.4, -0.2) is 234 Å². The van der Waals surface area contributed by atoms with Gasteiger partial charge in [-0.05, 0) is 98.5 Å². The van der Waals surface area contributed by atoms with E-state index in [-0.39, 0.29) is 43.6 Å². The normalized spacial score (nSPS) is 42.6. The zero-order valence-corrected chi connectivity index (χ0v) is 51.3. The van der Waals surface area contributed by atoms with Gasteiger partial charge in [-0.1, -0.05) is 49.3 Å². The second-order valence-corrected chi connectivity index (χ2v) is 23.6. The molecule has 5 aliphatic heterocycles. The third-order valence-electron chi connectivity index (χ3n) is 16.8. The molecule has 5 heterocycles. The molecule has 23 heteroatoms. The highest BCUT2D eigenvalue weighted by Gasteiger charge is 2.64. The van der Waals surface area contributed by atoms with Crippen molar-refractivity contribution in [3.05, 3.63) is 70.1 Å². The Balaban J connectivity index is 1.51. The molecule has 476 valence electrons. The fourth-order valence-electron chi connectivity index (χ4n) is 12.0. The van der Waals surface area contributed by atoms with Crippen LogP contribution in [0, 0.1) is 11.8 Å². The Labute approximate surface area is 489 Å². The third-order valence-corrected chi connectivity index (χ3v) is 16.8. The smallest absolute Gasteiger partial charge is 0.334 e. The van der Waals surface area contributed by atoms with Gasteiger partial charge in [0.15, 0.2) is 18.9 Å². The maximum absolute atomic E-state index is 14.5. The first kappa shape index (κ1) is 70.7. The summed E-state index contributed by atoms with van der Waals surface area (Å²) in [5.41, 5.74) is -0.823. The van der Waals surface area contributed by atoms with E-state index in [0.717, 1.165) is 5.57 Å². The van der Waals surface area contributed by atoms with Crippen molar-refractivity contribution < 1.29 is 112 Å². The second-order valence-electron chi connectivity index (χ2n) is 23.6. The van der Waals surface area contributed by atoms with Gasteiger partial charge < -0.3 is 108 Å². The Bertz CT molecular complexity index is 2270. The van der Waals surface area contributed by atoms with E-state index in [4.69, 9.17) is 61.6 Å². The van der Waals surface area contributed by atoms with Crippen molar-refractivity contribution in [3.8, 4) is 0 Å². The summed E-state index contributed by atoms with van der Waals surface area (Å²) in [6.45, 7) is 18.2. The van der Waals surface area contributed by atoms with E-state index in [1.807, 2.05) is 32.9 Å².